The van der Waals surface area contributed by atoms with Gasteiger partial charge in [-0.1, -0.05) is 43.2 Å². The van der Waals surface area contributed by atoms with E-state index in [4.69, 9.17) is 25.4 Å². The molecule has 4 N–H and O–H groups in total. The van der Waals surface area contributed by atoms with Crippen LogP contribution in [0.3, 0.4) is 0 Å². The maximum Gasteiger partial charge on any atom is 0.451 e. The third-order valence-electron chi connectivity index (χ3n) is 5.05. The summed E-state index contributed by atoms with van der Waals surface area (Å²) < 4.78 is 0. The molecule has 1 aliphatic heterocycles. The molecule has 1 heterocycles. The Kier molecular flexibility index (Phi) is 11.9. The Hall–Kier alpha value is -1.50. The number of hydrogen-bond donors (Lipinski definition) is 3. The van der Waals surface area contributed by atoms with E-state index >= 15 is 0 Å². The molecule has 2 rings (SSSR count). The molecule has 1 unspecified atom stereocenters. The molecule has 1 aliphatic rings. The number of likely N-dealkylation sites (tertiary alicyclic amines) is 1. The van der Waals surface area contributed by atoms with Crippen molar-refractivity contribution in [1.29, 1.82) is 0 Å². The summed E-state index contributed by atoms with van der Waals surface area (Å²) in [6.45, 7) is 3.45. The van der Waals surface area contributed by atoms with Gasteiger partial charge in [-0.15, -0.1) is 0 Å². The second kappa shape index (κ2) is 13.7. The monoisotopic (exact) mass is 362 g/mol. The van der Waals surface area contributed by atoms with E-state index in [1.54, 1.807) is 0 Å². The summed E-state index contributed by atoms with van der Waals surface area (Å²) in [4.78, 5) is 18.8. The summed E-state index contributed by atoms with van der Waals surface area (Å²) in [5.41, 5.74) is 7.75. The highest BCUT2D eigenvalue weighted by Crippen LogP contribution is 2.23. The Labute approximate surface area is 156 Å². The van der Waals surface area contributed by atoms with E-state index in [-0.39, 0.29) is 12.2 Å². The van der Waals surface area contributed by atoms with Crippen molar-refractivity contribution < 1.29 is 19.6 Å². The molecule has 0 aromatic heterocycles. The molecular weight excluding hydrogens is 331 g/mol. The molecule has 1 aromatic rings. The Balaban J connectivity index is 0.00000105. The van der Waals surface area contributed by atoms with Crippen molar-refractivity contribution in [1.82, 2.24) is 4.90 Å². The number of benzene rings is 1. The van der Waals surface area contributed by atoms with Crippen LogP contribution in [0.4, 0.5) is 0 Å². The first kappa shape index (κ1) is 22.5. The summed E-state index contributed by atoms with van der Waals surface area (Å²) in [6, 6.07) is 10.9. The van der Waals surface area contributed by atoms with Crippen LogP contribution in [0.5, 0.6) is 0 Å². The van der Waals surface area contributed by atoms with Gasteiger partial charge in [0.2, 0.25) is 0 Å². The van der Waals surface area contributed by atoms with Gasteiger partial charge in [0, 0.05) is 12.6 Å². The van der Waals surface area contributed by atoms with Crippen molar-refractivity contribution in [3.05, 3.63) is 35.9 Å². The molecule has 0 bridgehead atoms. The smallest absolute Gasteiger partial charge is 0.427 e. The third kappa shape index (κ3) is 9.85. The highest BCUT2D eigenvalue weighted by atomic mass is 16.4. The molecule has 1 atom stereocenters. The number of unbranched alkanes of at least 4 members (excludes halogenated alkanes) is 1. The zero-order valence-corrected chi connectivity index (χ0v) is 15.4. The maximum atomic E-state index is 8.85. The molecule has 0 saturated carbocycles. The average Bonchev–Trinajstić information content (AvgIpc) is 2.65. The molecule has 7 heteroatoms. The van der Waals surface area contributed by atoms with E-state index in [0.717, 1.165) is 45.3 Å². The van der Waals surface area contributed by atoms with Gasteiger partial charge < -0.3 is 20.7 Å². The van der Waals surface area contributed by atoms with Crippen LogP contribution in [-0.4, -0.2) is 53.9 Å². The van der Waals surface area contributed by atoms with Gasteiger partial charge in [0.05, 0.1) is 0 Å². The fraction of sp³-hybridized carbons (Fsp3) is 0.632. The quantitative estimate of drug-likeness (QED) is 0.452. The van der Waals surface area contributed by atoms with Crippen LogP contribution in [0.15, 0.2) is 30.3 Å². The van der Waals surface area contributed by atoms with Gasteiger partial charge in [-0.2, -0.15) is 9.59 Å². The molecule has 26 heavy (non-hydrogen) atoms. The Morgan fingerprint density at radius 1 is 1.15 bits per heavy atom. The van der Waals surface area contributed by atoms with E-state index in [0.29, 0.717) is 12.2 Å². The lowest BCUT2D eigenvalue weighted by molar-refractivity contribution is -0.191. The van der Waals surface area contributed by atoms with E-state index in [1.165, 1.54) is 18.4 Å². The first-order valence-electron chi connectivity index (χ1n) is 9.44. The van der Waals surface area contributed by atoms with Gasteiger partial charge in [-0.3, -0.25) is 0 Å². The lowest BCUT2D eigenvalue weighted by Crippen LogP contribution is -2.41. The SMILES string of the molecule is NC(CCCCB(O)O)C1CCN(CCc2ccccc2)CC1.O=C=O. The predicted octanol–water partition coefficient (Wildman–Crippen LogP) is 1.33. The fourth-order valence-electron chi connectivity index (χ4n) is 3.48. The Morgan fingerprint density at radius 3 is 2.35 bits per heavy atom. The van der Waals surface area contributed by atoms with Gasteiger partial charge in [0.15, 0.2) is 0 Å². The molecule has 0 amide bonds. The first-order chi connectivity index (χ1) is 12.6. The van der Waals surface area contributed by atoms with Crippen molar-refractivity contribution >= 4 is 13.3 Å². The summed E-state index contributed by atoms with van der Waals surface area (Å²) in [6.07, 6.45) is 7.07. The number of rotatable bonds is 9. The van der Waals surface area contributed by atoms with Crippen LogP contribution in [0.25, 0.3) is 0 Å². The lowest BCUT2D eigenvalue weighted by Gasteiger charge is -2.34. The molecule has 1 saturated heterocycles. The number of nitrogens with two attached hydrogens (primary N) is 1. The van der Waals surface area contributed by atoms with E-state index < -0.39 is 7.12 Å². The lowest BCUT2D eigenvalue weighted by atomic mass is 9.82. The first-order valence-corrected chi connectivity index (χ1v) is 9.44. The molecule has 1 fully saturated rings. The molecule has 144 valence electrons. The van der Waals surface area contributed by atoms with Crippen molar-refractivity contribution in [3.63, 3.8) is 0 Å². The van der Waals surface area contributed by atoms with Gasteiger partial charge in [-0.25, -0.2) is 0 Å². The third-order valence-corrected chi connectivity index (χ3v) is 5.05. The van der Waals surface area contributed by atoms with Crippen LogP contribution < -0.4 is 5.73 Å². The normalized spacial score (nSPS) is 16.3. The molecule has 0 radical (unpaired) electrons. The van der Waals surface area contributed by atoms with E-state index in [2.05, 4.69) is 35.2 Å². The highest BCUT2D eigenvalue weighted by molar-refractivity contribution is 6.40. The number of carbonyl (C=O) groups excluding carboxylic acids is 2. The van der Waals surface area contributed by atoms with Gasteiger partial charge >= 0.3 is 13.3 Å². The zero-order chi connectivity index (χ0) is 19.2. The van der Waals surface area contributed by atoms with Crippen LogP contribution >= 0.6 is 0 Å². The van der Waals surface area contributed by atoms with E-state index in [1.807, 2.05) is 0 Å². The van der Waals surface area contributed by atoms with Crippen molar-refractivity contribution in [3.8, 4) is 0 Å². The summed E-state index contributed by atoms with van der Waals surface area (Å²) in [7, 11) is -1.17. The van der Waals surface area contributed by atoms with Crippen LogP contribution in [0, 0.1) is 5.92 Å². The van der Waals surface area contributed by atoms with Crippen LogP contribution in [-0.2, 0) is 16.0 Å². The largest absolute Gasteiger partial charge is 0.451 e. The van der Waals surface area contributed by atoms with Crippen LogP contribution in [0.2, 0.25) is 6.32 Å². The molecule has 1 aromatic carbocycles. The Morgan fingerprint density at radius 2 is 1.77 bits per heavy atom. The molecular formula is C19H31BN2O4. The number of nitrogens with zero attached hydrogens (tertiary/aromatic N) is 1. The molecule has 0 aliphatic carbocycles. The van der Waals surface area contributed by atoms with Crippen molar-refractivity contribution in [2.24, 2.45) is 11.7 Å². The van der Waals surface area contributed by atoms with Gasteiger partial charge in [0.25, 0.3) is 0 Å². The summed E-state index contributed by atoms with van der Waals surface area (Å²) in [5.74, 6) is 0.627. The predicted molar refractivity (Wildman–Crippen MR) is 101 cm³/mol. The molecule has 6 nitrogen and oxygen atoms in total. The summed E-state index contributed by atoms with van der Waals surface area (Å²) in [5, 5.41) is 17.7. The van der Waals surface area contributed by atoms with Gasteiger partial charge in [-0.05, 0) is 56.6 Å². The highest BCUT2D eigenvalue weighted by Gasteiger charge is 2.23. The minimum Gasteiger partial charge on any atom is -0.427 e. The second-order valence-electron chi connectivity index (χ2n) is 6.93. The minimum absolute atomic E-state index is 0.250. The van der Waals surface area contributed by atoms with Crippen molar-refractivity contribution in [2.75, 3.05) is 19.6 Å². The molecule has 0 spiro atoms. The standard InChI is InChI=1S/C18H31BN2O2.CO2/c20-18(8-4-5-12-19(22)23)17-10-14-21(15-11-17)13-9-16-6-2-1-3-7-16;2-1-3/h1-3,6-7,17-18,22-23H,4-5,8-15,20H2;. The minimum atomic E-state index is -1.17. The Bertz CT molecular complexity index is 502. The number of hydrogen-bond acceptors (Lipinski definition) is 6. The summed E-state index contributed by atoms with van der Waals surface area (Å²) >= 11 is 0. The van der Waals surface area contributed by atoms with E-state index in [9.17, 15) is 0 Å². The number of piperidine rings is 1. The topological polar surface area (TPSA) is 104 Å². The average molecular weight is 362 g/mol. The maximum absolute atomic E-state index is 8.85. The van der Waals surface area contributed by atoms with Gasteiger partial charge in [0.1, 0.15) is 0 Å². The van der Waals surface area contributed by atoms with Crippen LogP contribution in [0.1, 0.15) is 37.7 Å². The fourth-order valence-corrected chi connectivity index (χ4v) is 3.48. The van der Waals surface area contributed by atoms with Crippen molar-refractivity contribution in [2.45, 2.75) is 50.9 Å². The second-order valence-corrected chi connectivity index (χ2v) is 6.93. The zero-order valence-electron chi connectivity index (χ0n) is 15.4.